The van der Waals surface area contributed by atoms with Crippen molar-refractivity contribution in [1.82, 2.24) is 4.90 Å². The standard InChI is InChI=1S/C20H24F2N2O2/c1-4-15-5-9-17(10-6-15)23-19(25)14(2)24(3)13-16-7-11-18(12-8-16)26-20(21)22/h5-12,14,20H,4,13H2,1-3H3,(H,23,25)/t14-/m0/s1. The number of carbonyl (C=O) groups is 1. The highest BCUT2D eigenvalue weighted by Crippen LogP contribution is 2.17. The first-order valence-corrected chi connectivity index (χ1v) is 8.52. The first kappa shape index (κ1) is 19.8. The van der Waals surface area contributed by atoms with E-state index in [-0.39, 0.29) is 17.7 Å². The summed E-state index contributed by atoms with van der Waals surface area (Å²) in [7, 11) is 1.84. The van der Waals surface area contributed by atoms with E-state index in [2.05, 4.69) is 17.0 Å². The Kier molecular flexibility index (Phi) is 7.09. The van der Waals surface area contributed by atoms with Crippen molar-refractivity contribution in [3.8, 4) is 5.75 Å². The number of anilines is 1. The maximum atomic E-state index is 12.4. The summed E-state index contributed by atoms with van der Waals surface area (Å²) >= 11 is 0. The van der Waals surface area contributed by atoms with Gasteiger partial charge in [-0.25, -0.2) is 0 Å². The van der Waals surface area contributed by atoms with E-state index in [9.17, 15) is 13.6 Å². The number of halogens is 2. The van der Waals surface area contributed by atoms with Crippen molar-refractivity contribution in [3.05, 3.63) is 59.7 Å². The molecular formula is C20H24F2N2O2. The predicted molar refractivity (Wildman–Crippen MR) is 98.5 cm³/mol. The molecule has 6 heteroatoms. The van der Waals surface area contributed by atoms with Crippen LogP contribution in [0.5, 0.6) is 5.75 Å². The molecule has 0 aliphatic carbocycles. The Labute approximate surface area is 152 Å². The minimum atomic E-state index is -2.83. The Morgan fingerprint density at radius 1 is 1.08 bits per heavy atom. The van der Waals surface area contributed by atoms with Crippen LogP contribution in [-0.4, -0.2) is 30.5 Å². The highest BCUT2D eigenvalue weighted by Gasteiger charge is 2.18. The maximum absolute atomic E-state index is 12.4. The molecule has 0 saturated heterocycles. The minimum absolute atomic E-state index is 0.102. The van der Waals surface area contributed by atoms with E-state index in [0.29, 0.717) is 6.54 Å². The highest BCUT2D eigenvalue weighted by molar-refractivity contribution is 5.94. The molecular weight excluding hydrogens is 338 g/mol. The lowest BCUT2D eigenvalue weighted by Gasteiger charge is -2.24. The number of ether oxygens (including phenoxy) is 1. The third kappa shape index (κ3) is 5.81. The molecule has 0 bridgehead atoms. The van der Waals surface area contributed by atoms with Gasteiger partial charge in [-0.2, -0.15) is 8.78 Å². The smallest absolute Gasteiger partial charge is 0.387 e. The van der Waals surface area contributed by atoms with Crippen molar-refractivity contribution in [3.63, 3.8) is 0 Å². The van der Waals surface area contributed by atoms with Crippen LogP contribution in [0.4, 0.5) is 14.5 Å². The topological polar surface area (TPSA) is 41.6 Å². The van der Waals surface area contributed by atoms with Crippen LogP contribution >= 0.6 is 0 Å². The van der Waals surface area contributed by atoms with Crippen molar-refractivity contribution in [2.75, 3.05) is 12.4 Å². The normalized spacial score (nSPS) is 12.3. The molecule has 0 unspecified atom stereocenters. The molecule has 2 aromatic rings. The number of likely N-dealkylation sites (N-methyl/N-ethyl adjacent to an activating group) is 1. The fourth-order valence-electron chi connectivity index (χ4n) is 2.47. The van der Waals surface area contributed by atoms with Gasteiger partial charge in [0.1, 0.15) is 5.75 Å². The summed E-state index contributed by atoms with van der Waals surface area (Å²) in [4.78, 5) is 14.3. The Balaban J connectivity index is 1.90. The lowest BCUT2D eigenvalue weighted by molar-refractivity contribution is -0.120. The van der Waals surface area contributed by atoms with Crippen LogP contribution in [0.15, 0.2) is 48.5 Å². The van der Waals surface area contributed by atoms with E-state index in [0.717, 1.165) is 17.7 Å². The van der Waals surface area contributed by atoms with Gasteiger partial charge in [-0.1, -0.05) is 31.2 Å². The zero-order chi connectivity index (χ0) is 19.1. The van der Waals surface area contributed by atoms with Crippen LogP contribution in [0.1, 0.15) is 25.0 Å². The van der Waals surface area contributed by atoms with Gasteiger partial charge < -0.3 is 10.1 Å². The number of hydrogen-bond donors (Lipinski definition) is 1. The minimum Gasteiger partial charge on any atom is -0.435 e. The number of carbonyl (C=O) groups excluding carboxylic acids is 1. The van der Waals surface area contributed by atoms with E-state index in [1.165, 1.54) is 17.7 Å². The molecule has 0 spiro atoms. The van der Waals surface area contributed by atoms with Crippen LogP contribution < -0.4 is 10.1 Å². The summed E-state index contributed by atoms with van der Waals surface area (Å²) in [6.07, 6.45) is 0.953. The van der Waals surface area contributed by atoms with Gasteiger partial charge in [0.25, 0.3) is 0 Å². The first-order chi connectivity index (χ1) is 12.4. The van der Waals surface area contributed by atoms with Crippen LogP contribution in [0, 0.1) is 0 Å². The van der Waals surface area contributed by atoms with Crippen LogP contribution in [-0.2, 0) is 17.8 Å². The molecule has 1 N–H and O–H groups in total. The predicted octanol–water partition coefficient (Wildman–Crippen LogP) is 4.31. The molecule has 2 rings (SSSR count). The lowest BCUT2D eigenvalue weighted by Crippen LogP contribution is -2.39. The molecule has 0 saturated carbocycles. The van der Waals surface area contributed by atoms with Crippen LogP contribution in [0.3, 0.4) is 0 Å². The summed E-state index contributed by atoms with van der Waals surface area (Å²) in [5, 5.41) is 2.91. The highest BCUT2D eigenvalue weighted by atomic mass is 19.3. The molecule has 26 heavy (non-hydrogen) atoms. The van der Waals surface area contributed by atoms with E-state index < -0.39 is 6.61 Å². The molecule has 4 nitrogen and oxygen atoms in total. The van der Waals surface area contributed by atoms with Gasteiger partial charge in [0.05, 0.1) is 6.04 Å². The van der Waals surface area contributed by atoms with Crippen molar-refractivity contribution >= 4 is 11.6 Å². The zero-order valence-electron chi connectivity index (χ0n) is 15.2. The average Bonchev–Trinajstić information content (AvgIpc) is 2.62. The van der Waals surface area contributed by atoms with Gasteiger partial charge in [0, 0.05) is 12.2 Å². The summed E-state index contributed by atoms with van der Waals surface area (Å²) in [6, 6.07) is 13.8. The van der Waals surface area contributed by atoms with Crippen molar-refractivity contribution in [1.29, 1.82) is 0 Å². The SMILES string of the molecule is CCc1ccc(NC(=O)[C@H](C)N(C)Cc2ccc(OC(F)F)cc2)cc1. The number of benzene rings is 2. The second-order valence-electron chi connectivity index (χ2n) is 6.15. The molecule has 1 atom stereocenters. The fraction of sp³-hybridized carbons (Fsp3) is 0.350. The summed E-state index contributed by atoms with van der Waals surface area (Å²) in [5.41, 5.74) is 2.88. The van der Waals surface area contributed by atoms with Crippen LogP contribution in [0.25, 0.3) is 0 Å². The Bertz CT molecular complexity index is 703. The van der Waals surface area contributed by atoms with Gasteiger partial charge in [0.15, 0.2) is 0 Å². The third-order valence-electron chi connectivity index (χ3n) is 4.25. The summed E-state index contributed by atoms with van der Waals surface area (Å²) in [5.74, 6) is 0.0159. The molecule has 0 aliphatic rings. The Morgan fingerprint density at radius 3 is 2.19 bits per heavy atom. The number of hydrogen-bond acceptors (Lipinski definition) is 3. The molecule has 0 fully saturated rings. The number of nitrogens with one attached hydrogen (secondary N) is 1. The summed E-state index contributed by atoms with van der Waals surface area (Å²) in [6.45, 7) is 1.58. The number of aryl methyl sites for hydroxylation is 1. The maximum Gasteiger partial charge on any atom is 0.387 e. The average molecular weight is 362 g/mol. The zero-order valence-corrected chi connectivity index (χ0v) is 15.2. The molecule has 140 valence electrons. The largest absolute Gasteiger partial charge is 0.435 e. The van der Waals surface area contributed by atoms with Crippen molar-refractivity contribution < 1.29 is 18.3 Å². The Morgan fingerprint density at radius 2 is 1.65 bits per heavy atom. The Hall–Kier alpha value is -2.47. The third-order valence-corrected chi connectivity index (χ3v) is 4.25. The van der Waals surface area contributed by atoms with Crippen LogP contribution in [0.2, 0.25) is 0 Å². The van der Waals surface area contributed by atoms with E-state index >= 15 is 0 Å². The molecule has 0 aromatic heterocycles. The molecule has 0 aliphatic heterocycles. The second-order valence-corrected chi connectivity index (χ2v) is 6.15. The van der Waals surface area contributed by atoms with Crippen molar-refractivity contribution in [2.24, 2.45) is 0 Å². The number of alkyl halides is 2. The molecule has 0 heterocycles. The number of rotatable bonds is 8. The van der Waals surface area contributed by atoms with E-state index in [1.54, 1.807) is 12.1 Å². The quantitative estimate of drug-likeness (QED) is 0.761. The monoisotopic (exact) mass is 362 g/mol. The number of amides is 1. The lowest BCUT2D eigenvalue weighted by atomic mass is 10.1. The van der Waals surface area contributed by atoms with Gasteiger partial charge >= 0.3 is 6.61 Å². The van der Waals surface area contributed by atoms with E-state index in [4.69, 9.17) is 0 Å². The molecule has 0 radical (unpaired) electrons. The van der Waals surface area contributed by atoms with Gasteiger partial charge in [-0.15, -0.1) is 0 Å². The van der Waals surface area contributed by atoms with Gasteiger partial charge in [0.2, 0.25) is 5.91 Å². The second kappa shape index (κ2) is 9.29. The molecule has 2 aromatic carbocycles. The fourth-order valence-corrected chi connectivity index (χ4v) is 2.47. The van der Waals surface area contributed by atoms with Crippen molar-refractivity contribution in [2.45, 2.75) is 39.5 Å². The van der Waals surface area contributed by atoms with E-state index in [1.807, 2.05) is 43.1 Å². The number of nitrogens with zero attached hydrogens (tertiary/aromatic N) is 1. The first-order valence-electron chi connectivity index (χ1n) is 8.52. The summed E-state index contributed by atoms with van der Waals surface area (Å²) < 4.78 is 28.7. The van der Waals surface area contributed by atoms with Gasteiger partial charge in [-0.05, 0) is 55.8 Å². The molecule has 1 amide bonds. The van der Waals surface area contributed by atoms with Gasteiger partial charge in [-0.3, -0.25) is 9.69 Å².